The molecule has 72 valence electrons. The second-order valence-corrected chi connectivity index (χ2v) is 2.92. The molecule has 1 aromatic carbocycles. The van der Waals surface area contributed by atoms with E-state index >= 15 is 0 Å². The van der Waals surface area contributed by atoms with Crippen LogP contribution in [0.15, 0.2) is 36.7 Å². The minimum absolute atomic E-state index is 0.564. The Morgan fingerprint density at radius 1 is 1.29 bits per heavy atom. The molecule has 1 aromatic heterocycles. The lowest BCUT2D eigenvalue weighted by molar-refractivity contribution is 0.811. The summed E-state index contributed by atoms with van der Waals surface area (Å²) in [5.74, 6) is 6.33. The molecule has 0 bridgehead atoms. The number of hydrogen-bond donors (Lipinski definition) is 2. The summed E-state index contributed by atoms with van der Waals surface area (Å²) >= 11 is 0. The van der Waals surface area contributed by atoms with Gasteiger partial charge in [-0.2, -0.15) is 10.1 Å². The fraction of sp³-hybridized carbons (Fsp3) is 0.111. The number of benzene rings is 1. The highest BCUT2D eigenvalue weighted by atomic mass is 15.5. The lowest BCUT2D eigenvalue weighted by Crippen LogP contribution is -2.31. The summed E-state index contributed by atoms with van der Waals surface area (Å²) in [6, 6.07) is 9.94. The van der Waals surface area contributed by atoms with Gasteiger partial charge in [-0.25, -0.2) is 10.9 Å². The summed E-state index contributed by atoms with van der Waals surface area (Å²) in [5.41, 5.74) is 1.13. The van der Waals surface area contributed by atoms with Crippen LogP contribution >= 0.6 is 0 Å². The van der Waals surface area contributed by atoms with E-state index in [-0.39, 0.29) is 0 Å². The smallest absolute Gasteiger partial charge is 0.235 e. The first-order chi connectivity index (χ1) is 6.86. The van der Waals surface area contributed by atoms with E-state index in [9.17, 15) is 0 Å². The van der Waals surface area contributed by atoms with Crippen LogP contribution < -0.4 is 10.9 Å². The van der Waals surface area contributed by atoms with Gasteiger partial charge in [0.2, 0.25) is 5.95 Å². The van der Waals surface area contributed by atoms with Crippen LogP contribution in [0.3, 0.4) is 0 Å². The van der Waals surface area contributed by atoms with Gasteiger partial charge in [-0.1, -0.05) is 30.3 Å². The van der Waals surface area contributed by atoms with Gasteiger partial charge < -0.3 is 0 Å². The van der Waals surface area contributed by atoms with Crippen molar-refractivity contribution in [3.63, 3.8) is 0 Å². The maximum Gasteiger partial charge on any atom is 0.235 e. The zero-order valence-electron chi connectivity index (χ0n) is 7.59. The highest BCUT2D eigenvalue weighted by Gasteiger charge is 2.03. The number of nitrogens with zero attached hydrogens (tertiary/aromatic N) is 3. The van der Waals surface area contributed by atoms with Crippen molar-refractivity contribution in [1.29, 1.82) is 0 Å². The summed E-state index contributed by atoms with van der Waals surface area (Å²) in [7, 11) is 0. The van der Waals surface area contributed by atoms with Crippen LogP contribution in [-0.4, -0.2) is 15.2 Å². The fourth-order valence-corrected chi connectivity index (χ4v) is 1.19. The normalized spacial score (nSPS) is 10.1. The largest absolute Gasteiger partial charge is 0.275 e. The molecule has 0 aliphatic heterocycles. The molecule has 0 aliphatic rings. The second-order valence-electron chi connectivity index (χ2n) is 2.92. The van der Waals surface area contributed by atoms with Crippen molar-refractivity contribution in [2.24, 2.45) is 5.84 Å². The lowest BCUT2D eigenvalue weighted by atomic mass is 10.2. The predicted molar refractivity (Wildman–Crippen MR) is 53.2 cm³/mol. The fourth-order valence-electron chi connectivity index (χ4n) is 1.19. The van der Waals surface area contributed by atoms with Crippen molar-refractivity contribution in [2.75, 3.05) is 5.01 Å². The van der Waals surface area contributed by atoms with E-state index in [1.54, 1.807) is 0 Å². The Balaban J connectivity index is 2.06. The summed E-state index contributed by atoms with van der Waals surface area (Å²) in [6.07, 6.45) is 1.43. The van der Waals surface area contributed by atoms with Crippen molar-refractivity contribution in [3.05, 3.63) is 42.2 Å². The number of aromatic amines is 1. The highest BCUT2D eigenvalue weighted by Crippen LogP contribution is 2.05. The molecule has 0 saturated heterocycles. The molecule has 0 unspecified atom stereocenters. The molecule has 2 rings (SSSR count). The summed E-state index contributed by atoms with van der Waals surface area (Å²) in [4.78, 5) is 3.95. The second kappa shape index (κ2) is 3.89. The van der Waals surface area contributed by atoms with Crippen LogP contribution in [0.5, 0.6) is 0 Å². The monoisotopic (exact) mass is 189 g/mol. The number of H-pyrrole nitrogens is 1. The summed E-state index contributed by atoms with van der Waals surface area (Å²) < 4.78 is 0. The van der Waals surface area contributed by atoms with E-state index in [0.29, 0.717) is 12.5 Å². The maximum absolute atomic E-state index is 5.77. The molecule has 5 heteroatoms. The Bertz CT molecular complexity index is 369. The van der Waals surface area contributed by atoms with Gasteiger partial charge in [0.05, 0.1) is 6.54 Å². The number of hydrogen-bond acceptors (Lipinski definition) is 4. The third kappa shape index (κ3) is 1.89. The van der Waals surface area contributed by atoms with Gasteiger partial charge in [0.1, 0.15) is 6.33 Å². The molecule has 1 heterocycles. The minimum Gasteiger partial charge on any atom is -0.275 e. The molecule has 0 saturated carbocycles. The van der Waals surface area contributed by atoms with E-state index in [1.807, 2.05) is 30.3 Å². The number of rotatable bonds is 3. The molecule has 14 heavy (non-hydrogen) atoms. The van der Waals surface area contributed by atoms with E-state index in [2.05, 4.69) is 15.2 Å². The van der Waals surface area contributed by atoms with Crippen LogP contribution in [0, 0.1) is 0 Å². The van der Waals surface area contributed by atoms with Gasteiger partial charge in [0.15, 0.2) is 0 Å². The van der Waals surface area contributed by atoms with Crippen LogP contribution in [0.25, 0.3) is 0 Å². The van der Waals surface area contributed by atoms with Gasteiger partial charge in [-0.3, -0.25) is 5.01 Å². The Morgan fingerprint density at radius 2 is 2.07 bits per heavy atom. The standard InChI is InChI=1S/C9H11N5/c10-14(9-11-7-12-13-9)6-8-4-2-1-3-5-8/h1-5,7H,6,10H2,(H,11,12,13). The van der Waals surface area contributed by atoms with Gasteiger partial charge in [-0.05, 0) is 5.56 Å². The van der Waals surface area contributed by atoms with Gasteiger partial charge in [-0.15, -0.1) is 0 Å². The molecular weight excluding hydrogens is 178 g/mol. The minimum atomic E-state index is 0.564. The average molecular weight is 189 g/mol. The van der Waals surface area contributed by atoms with Crippen molar-refractivity contribution >= 4 is 5.95 Å². The lowest BCUT2D eigenvalue weighted by Gasteiger charge is -2.14. The molecule has 3 N–H and O–H groups in total. The summed E-state index contributed by atoms with van der Waals surface area (Å²) in [5, 5.41) is 7.94. The Hall–Kier alpha value is -1.88. The van der Waals surface area contributed by atoms with Crippen LogP contribution in [0.4, 0.5) is 5.95 Å². The topological polar surface area (TPSA) is 70.8 Å². The van der Waals surface area contributed by atoms with Gasteiger partial charge in [0.25, 0.3) is 0 Å². The first-order valence-electron chi connectivity index (χ1n) is 4.28. The quantitative estimate of drug-likeness (QED) is 0.550. The average Bonchev–Trinajstić information content (AvgIpc) is 2.72. The molecule has 0 aliphatic carbocycles. The molecule has 0 fully saturated rings. The summed E-state index contributed by atoms with van der Waals surface area (Å²) in [6.45, 7) is 0.607. The third-order valence-corrected chi connectivity index (χ3v) is 1.87. The molecule has 5 nitrogen and oxygen atoms in total. The van der Waals surface area contributed by atoms with Crippen LogP contribution in [0.1, 0.15) is 5.56 Å². The van der Waals surface area contributed by atoms with E-state index in [4.69, 9.17) is 5.84 Å². The van der Waals surface area contributed by atoms with Crippen molar-refractivity contribution in [2.45, 2.75) is 6.54 Å². The van der Waals surface area contributed by atoms with E-state index < -0.39 is 0 Å². The third-order valence-electron chi connectivity index (χ3n) is 1.87. The zero-order valence-corrected chi connectivity index (χ0v) is 7.59. The van der Waals surface area contributed by atoms with Crippen molar-refractivity contribution in [3.8, 4) is 0 Å². The Kier molecular flexibility index (Phi) is 2.42. The van der Waals surface area contributed by atoms with Crippen LogP contribution in [-0.2, 0) is 6.54 Å². The Morgan fingerprint density at radius 3 is 2.71 bits per heavy atom. The molecule has 0 atom stereocenters. The van der Waals surface area contributed by atoms with Crippen molar-refractivity contribution < 1.29 is 0 Å². The highest BCUT2D eigenvalue weighted by molar-refractivity contribution is 5.27. The van der Waals surface area contributed by atoms with Crippen LogP contribution in [0.2, 0.25) is 0 Å². The maximum atomic E-state index is 5.77. The molecule has 0 amide bonds. The van der Waals surface area contributed by atoms with Crippen molar-refractivity contribution in [1.82, 2.24) is 15.2 Å². The molecule has 0 radical (unpaired) electrons. The number of anilines is 1. The zero-order chi connectivity index (χ0) is 9.80. The van der Waals surface area contributed by atoms with E-state index in [1.165, 1.54) is 11.3 Å². The molecular formula is C9H11N5. The molecule has 0 spiro atoms. The predicted octanol–water partition coefficient (Wildman–Crippen LogP) is 0.685. The SMILES string of the molecule is NN(Cc1ccccc1)c1ncn[nH]1. The first kappa shape index (κ1) is 8.71. The van der Waals surface area contributed by atoms with E-state index in [0.717, 1.165) is 5.56 Å². The first-order valence-corrected chi connectivity index (χ1v) is 4.28. The van der Waals surface area contributed by atoms with Gasteiger partial charge >= 0.3 is 0 Å². The Labute approximate surface area is 81.5 Å². The number of hydrazine groups is 1. The molecule has 2 aromatic rings. The number of nitrogens with one attached hydrogen (secondary N) is 1. The number of aromatic nitrogens is 3. The van der Waals surface area contributed by atoms with Gasteiger partial charge in [0, 0.05) is 0 Å². The number of nitrogens with two attached hydrogens (primary N) is 1.